The van der Waals surface area contributed by atoms with Crippen molar-refractivity contribution in [2.75, 3.05) is 25.5 Å². The molecule has 31 heavy (non-hydrogen) atoms. The van der Waals surface area contributed by atoms with Gasteiger partial charge < -0.3 is 26.4 Å². The normalized spacial score (nSPS) is 13.0. The molecule has 1 heterocycles. The third-order valence-electron chi connectivity index (χ3n) is 4.97. The molecule has 0 bridgehead atoms. The molecule has 2 atom stereocenters. The summed E-state index contributed by atoms with van der Waals surface area (Å²) in [6.07, 6.45) is 4.01. The summed E-state index contributed by atoms with van der Waals surface area (Å²) in [7, 11) is 1.65. The van der Waals surface area contributed by atoms with Crippen molar-refractivity contribution in [3.05, 3.63) is 30.5 Å². The highest BCUT2D eigenvalue weighted by atomic mass is 16.5. The molecule has 5 N–H and O–H groups in total. The van der Waals surface area contributed by atoms with E-state index >= 15 is 0 Å². The molecular formula is C23H35N5O3. The molecule has 0 aliphatic heterocycles. The summed E-state index contributed by atoms with van der Waals surface area (Å²) in [5.74, 6) is 0.569. The van der Waals surface area contributed by atoms with E-state index in [-0.39, 0.29) is 30.3 Å². The maximum absolute atomic E-state index is 12.5. The van der Waals surface area contributed by atoms with Crippen molar-refractivity contribution in [3.63, 3.8) is 0 Å². The lowest BCUT2D eigenvalue weighted by Gasteiger charge is -2.20. The summed E-state index contributed by atoms with van der Waals surface area (Å²) in [6.45, 7) is 6.53. The molecule has 170 valence electrons. The standard InChI is InChI=1S/C23H35N5O3/c1-15(2)11-20(28-21(29)14-24)23(30)26-10-5-7-16(3)27-19-13-18(31-4)12-17-8-6-9-25-22(17)19/h6,8-9,12-13,15-16,20,27H,5,7,10-11,14,24H2,1-4H3,(H,26,30)(H,28,29)/t16?,20-/m0/s1. The quantitative estimate of drug-likeness (QED) is 0.385. The van der Waals surface area contributed by atoms with E-state index in [1.807, 2.05) is 38.1 Å². The molecule has 0 saturated heterocycles. The number of amides is 2. The van der Waals surface area contributed by atoms with Crippen LogP contribution in [0.3, 0.4) is 0 Å². The number of pyridine rings is 1. The number of carbonyl (C=O) groups excluding carboxylic acids is 2. The van der Waals surface area contributed by atoms with Crippen molar-refractivity contribution < 1.29 is 14.3 Å². The van der Waals surface area contributed by atoms with Gasteiger partial charge in [-0.15, -0.1) is 0 Å². The second-order valence-corrected chi connectivity index (χ2v) is 8.18. The fourth-order valence-corrected chi connectivity index (χ4v) is 3.43. The molecular weight excluding hydrogens is 394 g/mol. The lowest BCUT2D eigenvalue weighted by molar-refractivity contribution is -0.128. The maximum Gasteiger partial charge on any atom is 0.242 e. The van der Waals surface area contributed by atoms with E-state index in [0.29, 0.717) is 13.0 Å². The van der Waals surface area contributed by atoms with Crippen molar-refractivity contribution in [1.82, 2.24) is 15.6 Å². The van der Waals surface area contributed by atoms with Crippen molar-refractivity contribution in [2.24, 2.45) is 11.7 Å². The van der Waals surface area contributed by atoms with Crippen LogP contribution in [-0.2, 0) is 9.59 Å². The molecule has 0 radical (unpaired) electrons. The van der Waals surface area contributed by atoms with Crippen LogP contribution >= 0.6 is 0 Å². The number of hydrogen-bond donors (Lipinski definition) is 4. The second kappa shape index (κ2) is 12.1. The molecule has 1 aromatic heterocycles. The number of methoxy groups -OCH3 is 1. The third-order valence-corrected chi connectivity index (χ3v) is 4.97. The van der Waals surface area contributed by atoms with Crippen molar-refractivity contribution >= 4 is 28.4 Å². The van der Waals surface area contributed by atoms with Crippen LogP contribution in [0.1, 0.15) is 40.0 Å². The zero-order valence-corrected chi connectivity index (χ0v) is 18.9. The second-order valence-electron chi connectivity index (χ2n) is 8.18. The summed E-state index contributed by atoms with van der Waals surface area (Å²) in [4.78, 5) is 28.6. The van der Waals surface area contributed by atoms with Gasteiger partial charge in [-0.2, -0.15) is 0 Å². The van der Waals surface area contributed by atoms with Gasteiger partial charge in [0.1, 0.15) is 11.8 Å². The summed E-state index contributed by atoms with van der Waals surface area (Å²) in [5, 5.41) is 10.1. The number of anilines is 1. The average Bonchev–Trinajstić information content (AvgIpc) is 2.75. The van der Waals surface area contributed by atoms with Gasteiger partial charge in [0.15, 0.2) is 0 Å². The Labute approximate surface area is 184 Å². The SMILES string of the molecule is COc1cc(NC(C)CCCNC(=O)[C@H](CC(C)C)NC(=O)CN)c2ncccc2c1. The number of aromatic nitrogens is 1. The van der Waals surface area contributed by atoms with Crippen molar-refractivity contribution in [1.29, 1.82) is 0 Å². The number of nitrogens with two attached hydrogens (primary N) is 1. The van der Waals surface area contributed by atoms with Gasteiger partial charge in [-0.05, 0) is 44.2 Å². The Morgan fingerprint density at radius 1 is 1.23 bits per heavy atom. The maximum atomic E-state index is 12.5. The molecule has 0 aliphatic carbocycles. The number of nitrogens with one attached hydrogen (secondary N) is 3. The first-order valence-electron chi connectivity index (χ1n) is 10.8. The Morgan fingerprint density at radius 2 is 2.00 bits per heavy atom. The Morgan fingerprint density at radius 3 is 2.68 bits per heavy atom. The zero-order valence-electron chi connectivity index (χ0n) is 18.9. The van der Waals surface area contributed by atoms with E-state index in [9.17, 15) is 9.59 Å². The van der Waals surface area contributed by atoms with Crippen molar-refractivity contribution in [3.8, 4) is 5.75 Å². The van der Waals surface area contributed by atoms with Gasteiger partial charge in [-0.25, -0.2) is 0 Å². The number of carbonyl (C=O) groups is 2. The number of nitrogens with zero attached hydrogens (tertiary/aromatic N) is 1. The molecule has 2 aromatic rings. The minimum absolute atomic E-state index is 0.126. The molecule has 0 fully saturated rings. The van der Waals surface area contributed by atoms with Crippen LogP contribution in [0.5, 0.6) is 5.75 Å². The summed E-state index contributed by atoms with van der Waals surface area (Å²) >= 11 is 0. The average molecular weight is 430 g/mol. The lowest BCUT2D eigenvalue weighted by atomic mass is 10.0. The molecule has 0 spiro atoms. The van der Waals surface area contributed by atoms with E-state index in [1.54, 1.807) is 13.3 Å². The van der Waals surface area contributed by atoms with E-state index in [4.69, 9.17) is 10.5 Å². The lowest BCUT2D eigenvalue weighted by Crippen LogP contribution is -2.49. The van der Waals surface area contributed by atoms with Crippen LogP contribution in [0.4, 0.5) is 5.69 Å². The summed E-state index contributed by atoms with van der Waals surface area (Å²) < 4.78 is 5.40. The number of fused-ring (bicyclic) bond motifs is 1. The molecule has 2 amide bonds. The van der Waals surface area contributed by atoms with Crippen LogP contribution in [0.15, 0.2) is 30.5 Å². The fraction of sp³-hybridized carbons (Fsp3) is 0.522. The van der Waals surface area contributed by atoms with Gasteiger partial charge in [0, 0.05) is 30.2 Å². The smallest absolute Gasteiger partial charge is 0.242 e. The first kappa shape index (κ1) is 24.4. The van der Waals surface area contributed by atoms with Gasteiger partial charge in [0.05, 0.1) is 24.9 Å². The Hall–Kier alpha value is -2.87. The monoisotopic (exact) mass is 429 g/mol. The summed E-state index contributed by atoms with van der Waals surface area (Å²) in [6, 6.07) is 7.45. The molecule has 8 nitrogen and oxygen atoms in total. The minimum Gasteiger partial charge on any atom is -0.497 e. The van der Waals surface area contributed by atoms with Crippen LogP contribution < -0.4 is 26.4 Å². The van der Waals surface area contributed by atoms with E-state index < -0.39 is 6.04 Å². The highest BCUT2D eigenvalue weighted by Gasteiger charge is 2.21. The van der Waals surface area contributed by atoms with Gasteiger partial charge in [0.25, 0.3) is 0 Å². The molecule has 2 rings (SSSR count). The van der Waals surface area contributed by atoms with Crippen LogP contribution in [0.2, 0.25) is 0 Å². The molecule has 8 heteroatoms. The molecule has 0 saturated carbocycles. The number of hydrogen-bond acceptors (Lipinski definition) is 6. The highest BCUT2D eigenvalue weighted by molar-refractivity contribution is 5.92. The Kier molecular flexibility index (Phi) is 9.52. The summed E-state index contributed by atoms with van der Waals surface area (Å²) in [5.41, 5.74) is 7.18. The van der Waals surface area contributed by atoms with Gasteiger partial charge >= 0.3 is 0 Å². The fourth-order valence-electron chi connectivity index (χ4n) is 3.43. The van der Waals surface area contributed by atoms with E-state index in [1.165, 1.54) is 0 Å². The predicted molar refractivity (Wildman–Crippen MR) is 124 cm³/mol. The van der Waals surface area contributed by atoms with Gasteiger partial charge in [-0.1, -0.05) is 19.9 Å². The van der Waals surface area contributed by atoms with Crippen molar-refractivity contribution in [2.45, 2.75) is 52.1 Å². The number of ether oxygens (including phenoxy) is 1. The highest BCUT2D eigenvalue weighted by Crippen LogP contribution is 2.28. The van der Waals surface area contributed by atoms with Crippen LogP contribution in [0, 0.1) is 5.92 Å². The third kappa shape index (κ3) is 7.71. The molecule has 0 aliphatic rings. The zero-order chi connectivity index (χ0) is 22.8. The number of rotatable bonds is 12. The first-order chi connectivity index (χ1) is 14.8. The van der Waals surface area contributed by atoms with E-state index in [0.717, 1.165) is 35.2 Å². The molecule has 1 aromatic carbocycles. The first-order valence-corrected chi connectivity index (χ1v) is 10.8. The predicted octanol–water partition coefficient (Wildman–Crippen LogP) is 2.43. The Bertz CT molecular complexity index is 871. The van der Waals surface area contributed by atoms with Crippen LogP contribution in [-0.4, -0.2) is 49.1 Å². The topological polar surface area (TPSA) is 118 Å². The van der Waals surface area contributed by atoms with Crippen LogP contribution in [0.25, 0.3) is 10.9 Å². The minimum atomic E-state index is -0.555. The van der Waals surface area contributed by atoms with Gasteiger partial charge in [0.2, 0.25) is 11.8 Å². The molecule has 1 unspecified atom stereocenters. The van der Waals surface area contributed by atoms with Gasteiger partial charge in [-0.3, -0.25) is 14.6 Å². The Balaban J connectivity index is 1.86. The number of benzene rings is 1. The largest absolute Gasteiger partial charge is 0.497 e. The van der Waals surface area contributed by atoms with E-state index in [2.05, 4.69) is 27.9 Å².